The summed E-state index contributed by atoms with van der Waals surface area (Å²) < 4.78 is 5.78. The van der Waals surface area contributed by atoms with Crippen molar-refractivity contribution in [2.45, 2.75) is 39.5 Å². The Labute approximate surface area is 126 Å². The zero-order valence-electron chi connectivity index (χ0n) is 12.9. The standard InChI is InChI=1S/C18H23NO2/c1-18(2,3)19-12-14-6-5-9-17(11-14)21-13-15-7-4-8-16(20)10-15/h4-11,19-20H,12-13H2,1-3H3. The van der Waals surface area contributed by atoms with Gasteiger partial charge in [0.2, 0.25) is 0 Å². The number of rotatable bonds is 5. The molecule has 0 saturated carbocycles. The molecule has 0 unspecified atom stereocenters. The second kappa shape index (κ2) is 6.64. The molecule has 0 aliphatic carbocycles. The quantitative estimate of drug-likeness (QED) is 0.876. The minimum absolute atomic E-state index is 0.0957. The molecule has 0 spiro atoms. The van der Waals surface area contributed by atoms with E-state index in [4.69, 9.17) is 4.74 Å². The van der Waals surface area contributed by atoms with Gasteiger partial charge in [-0.15, -0.1) is 0 Å². The molecule has 3 nitrogen and oxygen atoms in total. The highest BCUT2D eigenvalue weighted by Gasteiger charge is 2.08. The van der Waals surface area contributed by atoms with Gasteiger partial charge in [0.25, 0.3) is 0 Å². The molecule has 2 aromatic rings. The Kier molecular flexibility index (Phi) is 4.86. The largest absolute Gasteiger partial charge is 0.508 e. The van der Waals surface area contributed by atoms with E-state index >= 15 is 0 Å². The first-order valence-corrected chi connectivity index (χ1v) is 7.17. The number of hydrogen-bond donors (Lipinski definition) is 2. The van der Waals surface area contributed by atoms with Crippen molar-refractivity contribution >= 4 is 0 Å². The Balaban J connectivity index is 1.95. The van der Waals surface area contributed by atoms with Gasteiger partial charge >= 0.3 is 0 Å². The number of phenolic OH excluding ortho intramolecular Hbond substituents is 1. The molecule has 2 aromatic carbocycles. The summed E-state index contributed by atoms with van der Waals surface area (Å²) in [6.07, 6.45) is 0. The highest BCUT2D eigenvalue weighted by atomic mass is 16.5. The topological polar surface area (TPSA) is 41.5 Å². The van der Waals surface area contributed by atoms with E-state index in [1.807, 2.05) is 30.3 Å². The second-order valence-electron chi connectivity index (χ2n) is 6.21. The maximum atomic E-state index is 9.44. The normalized spacial score (nSPS) is 11.4. The molecule has 112 valence electrons. The fourth-order valence-electron chi connectivity index (χ4n) is 1.93. The van der Waals surface area contributed by atoms with Crippen LogP contribution in [0.5, 0.6) is 11.5 Å². The lowest BCUT2D eigenvalue weighted by Crippen LogP contribution is -2.35. The number of phenols is 1. The lowest BCUT2D eigenvalue weighted by Gasteiger charge is -2.20. The van der Waals surface area contributed by atoms with Gasteiger partial charge in [0, 0.05) is 12.1 Å². The molecule has 0 bridgehead atoms. The summed E-state index contributed by atoms with van der Waals surface area (Å²) in [6, 6.07) is 15.2. The van der Waals surface area contributed by atoms with Gasteiger partial charge in [0.1, 0.15) is 18.1 Å². The minimum atomic E-state index is 0.0957. The van der Waals surface area contributed by atoms with Crippen LogP contribution in [0.4, 0.5) is 0 Å². The number of ether oxygens (including phenoxy) is 1. The SMILES string of the molecule is CC(C)(C)NCc1cccc(OCc2cccc(O)c2)c1. The fraction of sp³-hybridized carbons (Fsp3) is 0.333. The molecule has 2 N–H and O–H groups in total. The fourth-order valence-corrected chi connectivity index (χ4v) is 1.93. The molecule has 0 aromatic heterocycles. The van der Waals surface area contributed by atoms with Crippen molar-refractivity contribution in [2.75, 3.05) is 0 Å². The predicted molar refractivity (Wildman–Crippen MR) is 85.5 cm³/mol. The Bertz CT molecular complexity index is 588. The monoisotopic (exact) mass is 285 g/mol. The number of aromatic hydroxyl groups is 1. The Hall–Kier alpha value is -2.00. The van der Waals surface area contributed by atoms with Crippen LogP contribution in [-0.2, 0) is 13.2 Å². The average molecular weight is 285 g/mol. The number of hydrogen-bond acceptors (Lipinski definition) is 3. The molecule has 3 heteroatoms. The van der Waals surface area contributed by atoms with E-state index in [9.17, 15) is 5.11 Å². The lowest BCUT2D eigenvalue weighted by molar-refractivity contribution is 0.305. The van der Waals surface area contributed by atoms with Crippen LogP contribution in [0.25, 0.3) is 0 Å². The van der Waals surface area contributed by atoms with Gasteiger partial charge in [-0.2, -0.15) is 0 Å². The van der Waals surface area contributed by atoms with E-state index in [0.717, 1.165) is 17.9 Å². The third-order valence-electron chi connectivity index (χ3n) is 3.04. The first-order chi connectivity index (χ1) is 9.92. The van der Waals surface area contributed by atoms with Crippen molar-refractivity contribution in [3.8, 4) is 11.5 Å². The van der Waals surface area contributed by atoms with Crippen LogP contribution in [0.1, 0.15) is 31.9 Å². The van der Waals surface area contributed by atoms with Crippen molar-refractivity contribution in [3.63, 3.8) is 0 Å². The summed E-state index contributed by atoms with van der Waals surface area (Å²) in [5, 5.41) is 12.9. The summed E-state index contributed by atoms with van der Waals surface area (Å²) in [4.78, 5) is 0. The molecule has 0 aliphatic heterocycles. The molecular formula is C18H23NO2. The van der Waals surface area contributed by atoms with Crippen molar-refractivity contribution in [3.05, 3.63) is 59.7 Å². The molecule has 0 aliphatic rings. The van der Waals surface area contributed by atoms with Gasteiger partial charge in [-0.05, 0) is 56.2 Å². The third-order valence-corrected chi connectivity index (χ3v) is 3.04. The Morgan fingerprint density at radius 3 is 2.43 bits per heavy atom. The van der Waals surface area contributed by atoms with Crippen molar-refractivity contribution in [1.82, 2.24) is 5.32 Å². The van der Waals surface area contributed by atoms with Crippen molar-refractivity contribution in [2.24, 2.45) is 0 Å². The number of nitrogens with one attached hydrogen (secondary N) is 1. The molecule has 21 heavy (non-hydrogen) atoms. The first kappa shape index (κ1) is 15.4. The molecule has 0 atom stereocenters. The highest BCUT2D eigenvalue weighted by molar-refractivity contribution is 5.30. The van der Waals surface area contributed by atoms with E-state index in [1.54, 1.807) is 12.1 Å². The van der Waals surface area contributed by atoms with Crippen LogP contribution < -0.4 is 10.1 Å². The van der Waals surface area contributed by atoms with E-state index in [0.29, 0.717) is 6.61 Å². The van der Waals surface area contributed by atoms with Crippen LogP contribution in [0, 0.1) is 0 Å². The minimum Gasteiger partial charge on any atom is -0.508 e. The van der Waals surface area contributed by atoms with Crippen molar-refractivity contribution in [1.29, 1.82) is 0 Å². The van der Waals surface area contributed by atoms with Gasteiger partial charge in [0.15, 0.2) is 0 Å². The second-order valence-corrected chi connectivity index (χ2v) is 6.21. The van der Waals surface area contributed by atoms with E-state index in [2.05, 4.69) is 32.2 Å². The molecule has 0 saturated heterocycles. The van der Waals surface area contributed by atoms with Gasteiger partial charge < -0.3 is 15.2 Å². The predicted octanol–water partition coefficient (Wildman–Crippen LogP) is 3.86. The average Bonchev–Trinajstić information content (AvgIpc) is 2.43. The van der Waals surface area contributed by atoms with Crippen LogP contribution in [0.3, 0.4) is 0 Å². The van der Waals surface area contributed by atoms with E-state index < -0.39 is 0 Å². The van der Waals surface area contributed by atoms with E-state index in [-0.39, 0.29) is 11.3 Å². The highest BCUT2D eigenvalue weighted by Crippen LogP contribution is 2.17. The van der Waals surface area contributed by atoms with Gasteiger partial charge in [-0.1, -0.05) is 24.3 Å². The molecule has 0 radical (unpaired) electrons. The zero-order valence-corrected chi connectivity index (χ0v) is 12.9. The number of benzene rings is 2. The molecule has 0 amide bonds. The van der Waals surface area contributed by atoms with Crippen LogP contribution >= 0.6 is 0 Å². The maximum absolute atomic E-state index is 9.44. The molecule has 0 fully saturated rings. The lowest BCUT2D eigenvalue weighted by atomic mass is 10.1. The summed E-state index contributed by atoms with van der Waals surface area (Å²) >= 11 is 0. The van der Waals surface area contributed by atoms with Gasteiger partial charge in [0.05, 0.1) is 0 Å². The van der Waals surface area contributed by atoms with Crippen molar-refractivity contribution < 1.29 is 9.84 Å². The van der Waals surface area contributed by atoms with Crippen LogP contribution in [0.15, 0.2) is 48.5 Å². The Morgan fingerprint density at radius 1 is 1.00 bits per heavy atom. The zero-order chi connectivity index (χ0) is 15.3. The summed E-state index contributed by atoms with van der Waals surface area (Å²) in [5.41, 5.74) is 2.24. The third kappa shape index (κ3) is 5.48. The summed E-state index contributed by atoms with van der Waals surface area (Å²) in [7, 11) is 0. The molecule has 0 heterocycles. The van der Waals surface area contributed by atoms with Crippen LogP contribution in [-0.4, -0.2) is 10.6 Å². The molecule has 2 rings (SSSR count). The first-order valence-electron chi connectivity index (χ1n) is 7.17. The summed E-state index contributed by atoms with van der Waals surface area (Å²) in [5.74, 6) is 1.10. The summed E-state index contributed by atoms with van der Waals surface area (Å²) in [6.45, 7) is 7.71. The molecular weight excluding hydrogens is 262 g/mol. The van der Waals surface area contributed by atoms with Gasteiger partial charge in [-0.3, -0.25) is 0 Å². The van der Waals surface area contributed by atoms with E-state index in [1.165, 1.54) is 5.56 Å². The maximum Gasteiger partial charge on any atom is 0.120 e. The smallest absolute Gasteiger partial charge is 0.120 e. The Morgan fingerprint density at radius 2 is 1.71 bits per heavy atom. The van der Waals surface area contributed by atoms with Gasteiger partial charge in [-0.25, -0.2) is 0 Å². The van der Waals surface area contributed by atoms with Crippen LogP contribution in [0.2, 0.25) is 0 Å².